The standard InChI is InChI=1S/C9H8/c1-2-4-6-9-7-8(9)5-3-1/h1-6,8-9H/b2-1-,5-3-,6-4-. The Morgan fingerprint density at radius 1 is 0.778 bits per heavy atom. The maximum absolute atomic E-state index is 3.30. The van der Waals surface area contributed by atoms with E-state index in [1.54, 1.807) is 0 Å². The molecule has 0 aliphatic heterocycles. The highest BCUT2D eigenvalue weighted by atomic mass is 14.4. The summed E-state index contributed by atoms with van der Waals surface area (Å²) in [5, 5.41) is 0. The summed E-state index contributed by atoms with van der Waals surface area (Å²) in [4.78, 5) is 0. The molecule has 0 heteroatoms. The molecule has 2 rings (SSSR count). The summed E-state index contributed by atoms with van der Waals surface area (Å²) >= 11 is 0. The third kappa shape index (κ3) is 0.973. The first-order chi connectivity index (χ1) is 4.47. The van der Waals surface area contributed by atoms with Crippen LogP contribution in [0.4, 0.5) is 0 Å². The van der Waals surface area contributed by atoms with E-state index in [1.807, 2.05) is 12.2 Å². The molecule has 2 unspecified atom stereocenters. The molecule has 0 aromatic rings. The van der Waals surface area contributed by atoms with Gasteiger partial charge in [0.25, 0.3) is 0 Å². The van der Waals surface area contributed by atoms with Gasteiger partial charge in [-0.15, -0.1) is 0 Å². The lowest BCUT2D eigenvalue weighted by Gasteiger charge is -1.85. The Kier molecular flexibility index (Phi) is 1.05. The highest BCUT2D eigenvalue weighted by Crippen LogP contribution is 2.39. The third-order valence-corrected chi connectivity index (χ3v) is 1.63. The van der Waals surface area contributed by atoms with Gasteiger partial charge in [0.2, 0.25) is 0 Å². The number of hydrogen-bond donors (Lipinski definition) is 0. The minimum atomic E-state index is 0.617. The van der Waals surface area contributed by atoms with E-state index in [2.05, 4.69) is 30.7 Å². The smallest absolute Gasteiger partial charge is 0.00117 e. The van der Waals surface area contributed by atoms with E-state index < -0.39 is 0 Å². The summed E-state index contributed by atoms with van der Waals surface area (Å²) in [7, 11) is 0. The Bertz CT molecular complexity index is 164. The molecule has 0 aromatic carbocycles. The van der Waals surface area contributed by atoms with Crippen LogP contribution < -0.4 is 0 Å². The van der Waals surface area contributed by atoms with Crippen LogP contribution in [0.2, 0.25) is 0 Å². The van der Waals surface area contributed by atoms with Gasteiger partial charge in [0.05, 0.1) is 0 Å². The van der Waals surface area contributed by atoms with Gasteiger partial charge in [-0.1, -0.05) is 36.5 Å². The van der Waals surface area contributed by atoms with Crippen molar-refractivity contribution in [3.8, 4) is 0 Å². The van der Waals surface area contributed by atoms with Gasteiger partial charge < -0.3 is 0 Å². The van der Waals surface area contributed by atoms with E-state index in [9.17, 15) is 0 Å². The minimum Gasteiger partial charge on any atom is -0.0802 e. The zero-order valence-electron chi connectivity index (χ0n) is 5.12. The molecule has 2 aliphatic rings. The average Bonchev–Trinajstić information content (AvgIpc) is 2.46. The van der Waals surface area contributed by atoms with Crippen molar-refractivity contribution >= 4 is 0 Å². The second-order valence-electron chi connectivity index (χ2n) is 2.37. The lowest BCUT2D eigenvalue weighted by atomic mass is 10.2. The van der Waals surface area contributed by atoms with Crippen molar-refractivity contribution in [3.63, 3.8) is 0 Å². The summed E-state index contributed by atoms with van der Waals surface area (Å²) in [6.45, 7) is 0. The predicted octanol–water partition coefficient (Wildman–Crippen LogP) is 2.00. The van der Waals surface area contributed by atoms with E-state index in [0.29, 0.717) is 11.8 Å². The molecular formula is C9H8. The molecular weight excluding hydrogens is 108 g/mol. The molecule has 1 fully saturated rings. The third-order valence-electron chi connectivity index (χ3n) is 1.63. The van der Waals surface area contributed by atoms with Gasteiger partial charge in [-0.25, -0.2) is 0 Å². The molecule has 0 nitrogen and oxygen atoms in total. The molecule has 2 radical (unpaired) electrons. The van der Waals surface area contributed by atoms with E-state index in [-0.39, 0.29) is 0 Å². The molecule has 44 valence electrons. The highest BCUT2D eigenvalue weighted by molar-refractivity contribution is 5.28. The van der Waals surface area contributed by atoms with Crippen LogP contribution in [0.1, 0.15) is 0 Å². The second-order valence-corrected chi connectivity index (χ2v) is 2.37. The van der Waals surface area contributed by atoms with Crippen molar-refractivity contribution in [2.24, 2.45) is 11.8 Å². The molecule has 2 atom stereocenters. The van der Waals surface area contributed by atoms with Crippen LogP contribution in [0.25, 0.3) is 0 Å². The fourth-order valence-corrected chi connectivity index (χ4v) is 1.01. The first-order valence-corrected chi connectivity index (χ1v) is 3.24. The van der Waals surface area contributed by atoms with Crippen molar-refractivity contribution in [2.45, 2.75) is 0 Å². The van der Waals surface area contributed by atoms with E-state index in [4.69, 9.17) is 0 Å². The molecule has 9 heavy (non-hydrogen) atoms. The normalized spacial score (nSPS) is 48.0. The maximum Gasteiger partial charge on any atom is -0.00117 e. The van der Waals surface area contributed by atoms with E-state index in [1.165, 1.54) is 0 Å². The molecule has 0 aromatic heterocycles. The molecule has 0 saturated heterocycles. The Hall–Kier alpha value is -0.780. The van der Waals surface area contributed by atoms with E-state index in [0.717, 1.165) is 0 Å². The molecule has 2 aliphatic carbocycles. The Morgan fingerprint density at radius 3 is 1.89 bits per heavy atom. The Labute approximate surface area is 55.6 Å². The zero-order chi connectivity index (χ0) is 6.10. The monoisotopic (exact) mass is 116 g/mol. The molecule has 0 amide bonds. The Morgan fingerprint density at radius 2 is 1.33 bits per heavy atom. The maximum atomic E-state index is 3.30. The number of hydrogen-bond acceptors (Lipinski definition) is 0. The van der Waals surface area contributed by atoms with Gasteiger partial charge in [0.15, 0.2) is 0 Å². The van der Waals surface area contributed by atoms with Crippen LogP contribution in [-0.4, -0.2) is 0 Å². The van der Waals surface area contributed by atoms with Crippen molar-refractivity contribution in [1.82, 2.24) is 0 Å². The molecule has 1 saturated carbocycles. The lowest BCUT2D eigenvalue weighted by molar-refractivity contribution is 0.993. The van der Waals surface area contributed by atoms with Gasteiger partial charge >= 0.3 is 0 Å². The van der Waals surface area contributed by atoms with Gasteiger partial charge in [0.1, 0.15) is 0 Å². The van der Waals surface area contributed by atoms with Gasteiger partial charge in [-0.3, -0.25) is 0 Å². The predicted molar refractivity (Wildman–Crippen MR) is 37.6 cm³/mol. The SMILES string of the molecule is [C]1C2\C=C/C=C\C=C/C12. The largest absolute Gasteiger partial charge is 0.0802 e. The highest BCUT2D eigenvalue weighted by Gasteiger charge is 2.33. The fraction of sp³-hybridized carbons (Fsp3) is 0.222. The summed E-state index contributed by atoms with van der Waals surface area (Å²) in [6, 6.07) is 0. The van der Waals surface area contributed by atoms with Crippen molar-refractivity contribution in [1.29, 1.82) is 0 Å². The zero-order valence-corrected chi connectivity index (χ0v) is 5.12. The minimum absolute atomic E-state index is 0.617. The van der Waals surface area contributed by atoms with Gasteiger partial charge in [0, 0.05) is 0 Å². The summed E-state index contributed by atoms with van der Waals surface area (Å²) in [5.41, 5.74) is 0. The molecule has 0 spiro atoms. The van der Waals surface area contributed by atoms with Crippen LogP contribution in [0, 0.1) is 18.3 Å². The van der Waals surface area contributed by atoms with Crippen LogP contribution >= 0.6 is 0 Å². The summed E-state index contributed by atoms with van der Waals surface area (Å²) in [5.74, 6) is 1.23. The second kappa shape index (κ2) is 1.87. The van der Waals surface area contributed by atoms with Crippen LogP contribution in [0.3, 0.4) is 0 Å². The number of allylic oxidation sites excluding steroid dienone is 6. The van der Waals surface area contributed by atoms with Gasteiger partial charge in [-0.05, 0) is 18.3 Å². The van der Waals surface area contributed by atoms with Gasteiger partial charge in [-0.2, -0.15) is 0 Å². The lowest BCUT2D eigenvalue weighted by Crippen LogP contribution is -1.72. The topological polar surface area (TPSA) is 0 Å². The van der Waals surface area contributed by atoms with Crippen LogP contribution in [0.5, 0.6) is 0 Å². The quantitative estimate of drug-likeness (QED) is 0.454. The van der Waals surface area contributed by atoms with E-state index >= 15 is 0 Å². The van der Waals surface area contributed by atoms with Crippen LogP contribution in [0.15, 0.2) is 36.5 Å². The Balaban J connectivity index is 2.19. The molecule has 0 bridgehead atoms. The first-order valence-electron chi connectivity index (χ1n) is 3.24. The fourth-order valence-electron chi connectivity index (χ4n) is 1.01. The number of fused-ring (bicyclic) bond motifs is 1. The average molecular weight is 116 g/mol. The number of rotatable bonds is 0. The van der Waals surface area contributed by atoms with Crippen molar-refractivity contribution in [3.05, 3.63) is 42.9 Å². The molecule has 0 heterocycles. The van der Waals surface area contributed by atoms with Crippen LogP contribution in [-0.2, 0) is 0 Å². The summed E-state index contributed by atoms with van der Waals surface area (Å²) < 4.78 is 0. The van der Waals surface area contributed by atoms with Crippen molar-refractivity contribution in [2.75, 3.05) is 0 Å². The summed E-state index contributed by atoms with van der Waals surface area (Å²) in [6.07, 6.45) is 15.9. The molecule has 0 N–H and O–H groups in total. The van der Waals surface area contributed by atoms with Crippen molar-refractivity contribution < 1.29 is 0 Å². The first kappa shape index (κ1) is 5.04.